The molecule has 0 unspecified atom stereocenters. The van der Waals surface area contributed by atoms with Crippen molar-refractivity contribution in [2.45, 2.75) is 36.2 Å². The average Bonchev–Trinajstić information content (AvgIpc) is 3.04. The van der Waals surface area contributed by atoms with E-state index in [-0.39, 0.29) is 11.7 Å². The highest BCUT2D eigenvalue weighted by molar-refractivity contribution is 8.00. The second-order valence-corrected chi connectivity index (χ2v) is 5.33. The molecule has 1 heterocycles. The SMILES string of the molecule is C[C@@H](Sc1n[nH]c(=O)n1C1CC1)C(=O)NC(N)=O. The number of amides is 3. The number of nitrogens with two attached hydrogens (primary N) is 1. The van der Waals surface area contributed by atoms with Crippen LogP contribution < -0.4 is 16.7 Å². The van der Waals surface area contributed by atoms with Gasteiger partial charge >= 0.3 is 11.7 Å². The maximum absolute atomic E-state index is 11.5. The molecule has 3 amide bonds. The van der Waals surface area contributed by atoms with Gasteiger partial charge in [0.05, 0.1) is 5.25 Å². The molecule has 1 saturated carbocycles. The van der Waals surface area contributed by atoms with Crippen molar-refractivity contribution in [1.29, 1.82) is 0 Å². The molecular weight excluding hydrogens is 258 g/mol. The molecule has 4 N–H and O–H groups in total. The first-order chi connectivity index (χ1) is 8.49. The molecule has 0 saturated heterocycles. The zero-order valence-electron chi connectivity index (χ0n) is 9.67. The molecule has 18 heavy (non-hydrogen) atoms. The van der Waals surface area contributed by atoms with E-state index in [1.165, 1.54) is 0 Å². The smallest absolute Gasteiger partial charge is 0.344 e. The Morgan fingerprint density at radius 2 is 2.28 bits per heavy atom. The number of carbonyl (C=O) groups excluding carboxylic acids is 2. The van der Waals surface area contributed by atoms with Gasteiger partial charge in [-0.05, 0) is 19.8 Å². The number of hydrogen-bond acceptors (Lipinski definition) is 5. The van der Waals surface area contributed by atoms with Gasteiger partial charge in [0.1, 0.15) is 0 Å². The van der Waals surface area contributed by atoms with E-state index in [0.717, 1.165) is 24.6 Å². The van der Waals surface area contributed by atoms with Crippen LogP contribution in [-0.4, -0.2) is 32.0 Å². The van der Waals surface area contributed by atoms with Crippen LogP contribution in [0.2, 0.25) is 0 Å². The lowest BCUT2D eigenvalue weighted by Gasteiger charge is -2.09. The van der Waals surface area contributed by atoms with Crippen molar-refractivity contribution < 1.29 is 9.59 Å². The molecule has 0 aliphatic heterocycles. The topological polar surface area (TPSA) is 123 Å². The maximum Gasteiger partial charge on any atom is 0.344 e. The summed E-state index contributed by atoms with van der Waals surface area (Å²) in [6, 6.07) is -0.723. The summed E-state index contributed by atoms with van der Waals surface area (Å²) in [7, 11) is 0. The molecule has 0 spiro atoms. The van der Waals surface area contributed by atoms with Crippen molar-refractivity contribution in [2.75, 3.05) is 0 Å². The summed E-state index contributed by atoms with van der Waals surface area (Å²) in [5.74, 6) is -0.509. The normalized spacial score (nSPS) is 16.3. The van der Waals surface area contributed by atoms with E-state index in [2.05, 4.69) is 10.2 Å². The summed E-state index contributed by atoms with van der Waals surface area (Å²) < 4.78 is 1.54. The van der Waals surface area contributed by atoms with Crippen LogP contribution in [0.25, 0.3) is 0 Å². The standard InChI is InChI=1S/C9H13N5O3S/c1-4(6(15)11-7(10)16)18-9-13-12-8(17)14(9)5-2-3-5/h4-5H,2-3H2,1H3,(H,12,17)(H3,10,11,15,16)/t4-/m1/s1. The van der Waals surface area contributed by atoms with Crippen molar-refractivity contribution >= 4 is 23.7 Å². The number of urea groups is 1. The number of carbonyl (C=O) groups is 2. The highest BCUT2D eigenvalue weighted by Crippen LogP contribution is 2.36. The van der Waals surface area contributed by atoms with E-state index in [1.807, 2.05) is 5.32 Å². The van der Waals surface area contributed by atoms with Crippen molar-refractivity contribution in [3.63, 3.8) is 0 Å². The van der Waals surface area contributed by atoms with Crippen LogP contribution in [0.4, 0.5) is 4.79 Å². The highest BCUT2D eigenvalue weighted by atomic mass is 32.2. The number of aromatic amines is 1. The number of H-pyrrole nitrogens is 1. The number of hydrogen-bond donors (Lipinski definition) is 3. The maximum atomic E-state index is 11.5. The Morgan fingerprint density at radius 3 is 2.83 bits per heavy atom. The van der Waals surface area contributed by atoms with Crippen molar-refractivity contribution in [3.05, 3.63) is 10.5 Å². The van der Waals surface area contributed by atoms with E-state index >= 15 is 0 Å². The third-order valence-corrected chi connectivity index (χ3v) is 3.55. The number of rotatable bonds is 4. The molecule has 0 aromatic carbocycles. The molecule has 98 valence electrons. The van der Waals surface area contributed by atoms with Gasteiger partial charge in [0.2, 0.25) is 5.91 Å². The summed E-state index contributed by atoms with van der Waals surface area (Å²) in [5.41, 5.74) is 4.58. The van der Waals surface area contributed by atoms with Gasteiger partial charge in [0, 0.05) is 6.04 Å². The largest absolute Gasteiger partial charge is 0.351 e. The lowest BCUT2D eigenvalue weighted by atomic mass is 10.4. The molecule has 1 aliphatic carbocycles. The van der Waals surface area contributed by atoms with Crippen LogP contribution >= 0.6 is 11.8 Å². The number of aromatic nitrogens is 3. The van der Waals surface area contributed by atoms with Crippen LogP contribution in [0.5, 0.6) is 0 Å². The first kappa shape index (κ1) is 12.7. The monoisotopic (exact) mass is 271 g/mol. The fraction of sp³-hybridized carbons (Fsp3) is 0.556. The first-order valence-electron chi connectivity index (χ1n) is 5.43. The molecule has 1 atom stereocenters. The highest BCUT2D eigenvalue weighted by Gasteiger charge is 2.30. The molecular formula is C9H13N5O3S. The minimum Gasteiger partial charge on any atom is -0.351 e. The summed E-state index contributed by atoms with van der Waals surface area (Å²) >= 11 is 1.11. The molecule has 1 aliphatic rings. The summed E-state index contributed by atoms with van der Waals surface area (Å²) in [6.45, 7) is 1.61. The second kappa shape index (κ2) is 4.84. The minimum atomic E-state index is -0.894. The van der Waals surface area contributed by atoms with Gasteiger partial charge < -0.3 is 5.73 Å². The van der Waals surface area contributed by atoms with E-state index < -0.39 is 17.2 Å². The van der Waals surface area contributed by atoms with E-state index in [4.69, 9.17) is 5.73 Å². The van der Waals surface area contributed by atoms with Gasteiger partial charge in [-0.15, -0.1) is 5.10 Å². The van der Waals surface area contributed by atoms with Gasteiger partial charge in [0.15, 0.2) is 5.16 Å². The number of primary amides is 1. The van der Waals surface area contributed by atoms with Gasteiger partial charge in [-0.3, -0.25) is 14.7 Å². The van der Waals surface area contributed by atoms with Crippen LogP contribution in [0.1, 0.15) is 25.8 Å². The van der Waals surface area contributed by atoms with Gasteiger partial charge in [-0.1, -0.05) is 11.8 Å². The Balaban J connectivity index is 2.07. The molecule has 8 nitrogen and oxygen atoms in total. The van der Waals surface area contributed by atoms with Crippen molar-refractivity contribution in [2.24, 2.45) is 5.73 Å². The predicted molar refractivity (Wildman–Crippen MR) is 64.2 cm³/mol. The van der Waals surface area contributed by atoms with E-state index in [1.54, 1.807) is 11.5 Å². The molecule has 2 rings (SSSR count). The molecule has 1 aromatic heterocycles. The zero-order chi connectivity index (χ0) is 13.3. The van der Waals surface area contributed by atoms with Gasteiger partial charge in [0.25, 0.3) is 0 Å². The Bertz CT molecular complexity index is 533. The first-order valence-corrected chi connectivity index (χ1v) is 6.31. The number of thioether (sulfide) groups is 1. The third kappa shape index (κ3) is 2.73. The zero-order valence-corrected chi connectivity index (χ0v) is 10.5. The lowest BCUT2D eigenvalue weighted by molar-refractivity contribution is -0.119. The quantitative estimate of drug-likeness (QED) is 0.642. The number of imide groups is 1. The van der Waals surface area contributed by atoms with Crippen molar-refractivity contribution in [1.82, 2.24) is 20.1 Å². The predicted octanol–water partition coefficient (Wildman–Crippen LogP) is -0.418. The van der Waals surface area contributed by atoms with Crippen molar-refractivity contribution in [3.8, 4) is 0 Å². The summed E-state index contributed by atoms with van der Waals surface area (Å²) in [4.78, 5) is 33.6. The number of nitrogens with zero attached hydrogens (tertiary/aromatic N) is 2. The minimum absolute atomic E-state index is 0.171. The van der Waals surface area contributed by atoms with Crippen LogP contribution in [0.3, 0.4) is 0 Å². The third-order valence-electron chi connectivity index (χ3n) is 2.48. The Morgan fingerprint density at radius 1 is 1.61 bits per heavy atom. The molecule has 1 aromatic rings. The fourth-order valence-corrected chi connectivity index (χ4v) is 2.39. The Labute approximate surface area is 106 Å². The Hall–Kier alpha value is -1.77. The van der Waals surface area contributed by atoms with Gasteiger partial charge in [-0.25, -0.2) is 14.7 Å². The van der Waals surface area contributed by atoms with E-state index in [0.29, 0.717) is 5.16 Å². The summed E-state index contributed by atoms with van der Waals surface area (Å²) in [5, 5.41) is 8.10. The lowest BCUT2D eigenvalue weighted by Crippen LogP contribution is -2.39. The van der Waals surface area contributed by atoms with Crippen LogP contribution in [-0.2, 0) is 4.79 Å². The molecule has 0 bridgehead atoms. The van der Waals surface area contributed by atoms with Crippen LogP contribution in [0.15, 0.2) is 9.95 Å². The Kier molecular flexibility index (Phi) is 3.41. The van der Waals surface area contributed by atoms with E-state index in [9.17, 15) is 14.4 Å². The summed E-state index contributed by atoms with van der Waals surface area (Å²) in [6.07, 6.45) is 1.88. The van der Waals surface area contributed by atoms with Crippen LogP contribution in [0, 0.1) is 0 Å². The fourth-order valence-electron chi connectivity index (χ4n) is 1.46. The molecule has 1 fully saturated rings. The molecule has 0 radical (unpaired) electrons. The van der Waals surface area contributed by atoms with Gasteiger partial charge in [-0.2, -0.15) is 0 Å². The average molecular weight is 271 g/mol. The number of nitrogens with one attached hydrogen (secondary N) is 2. The second-order valence-electron chi connectivity index (χ2n) is 4.03. The molecule has 9 heteroatoms.